The van der Waals surface area contributed by atoms with Crippen molar-refractivity contribution >= 4 is 35.7 Å². The maximum atomic E-state index is 13.7. The van der Waals surface area contributed by atoms with E-state index in [9.17, 15) is 33.9 Å². The molecule has 2 aliphatic heterocycles. The molecule has 2 atom stereocenters. The fourth-order valence-electron chi connectivity index (χ4n) is 6.49. The molecule has 0 radical (unpaired) electrons. The molecule has 0 bridgehead atoms. The molecule has 1 aliphatic carbocycles. The lowest BCUT2D eigenvalue weighted by Crippen LogP contribution is -2.56. The number of hydrogen-bond donors (Lipinski definition) is 2. The van der Waals surface area contributed by atoms with Gasteiger partial charge in [0.25, 0.3) is 11.8 Å². The zero-order valence-corrected chi connectivity index (χ0v) is 29.5. The van der Waals surface area contributed by atoms with Gasteiger partial charge in [0.2, 0.25) is 17.7 Å². The maximum Gasteiger partial charge on any atom is 0.415 e. The first-order chi connectivity index (χ1) is 25.6. The summed E-state index contributed by atoms with van der Waals surface area (Å²) < 4.78 is 12.7. The van der Waals surface area contributed by atoms with E-state index in [4.69, 9.17) is 9.47 Å². The third kappa shape index (κ3) is 9.12. The molecule has 3 heterocycles. The third-order valence-electron chi connectivity index (χ3n) is 9.60. The number of benzene rings is 2. The molecule has 53 heavy (non-hydrogen) atoms. The SMILES string of the molecule is CN(C(=O)[C@@H]1CCCN1C(=O)COc1cc(C(=O)N[C@@H](CCC(=O)O)C(=O)N2CCN(C(=O)Oc3ccccc3)CC2)nn1-c1ccccc1)C1CC1. The molecule has 5 amide bonds. The second kappa shape index (κ2) is 16.6. The number of aliphatic carboxylic acids is 1. The molecule has 3 aromatic rings. The summed E-state index contributed by atoms with van der Waals surface area (Å²) in [5, 5.41) is 16.5. The van der Waals surface area contributed by atoms with Gasteiger partial charge in [-0.25, -0.2) is 9.48 Å². The summed E-state index contributed by atoms with van der Waals surface area (Å²) in [6.45, 7) is 0.694. The Balaban J connectivity index is 1.12. The van der Waals surface area contributed by atoms with Crippen molar-refractivity contribution < 1.29 is 43.3 Å². The number of para-hydroxylation sites is 2. The number of carboxylic acids is 1. The number of nitrogens with zero attached hydrogens (tertiary/aromatic N) is 6. The summed E-state index contributed by atoms with van der Waals surface area (Å²) in [4.78, 5) is 84.1. The van der Waals surface area contributed by atoms with E-state index in [0.717, 1.165) is 12.8 Å². The molecule has 16 nitrogen and oxygen atoms in total. The van der Waals surface area contributed by atoms with Crippen molar-refractivity contribution in [3.05, 3.63) is 72.4 Å². The highest BCUT2D eigenvalue weighted by Crippen LogP contribution is 2.29. The predicted octanol–water partition coefficient (Wildman–Crippen LogP) is 2.17. The van der Waals surface area contributed by atoms with E-state index in [1.54, 1.807) is 77.5 Å². The van der Waals surface area contributed by atoms with E-state index < -0.39 is 42.6 Å². The number of nitrogens with one attached hydrogen (secondary N) is 1. The van der Waals surface area contributed by atoms with Crippen LogP contribution in [0, 0.1) is 0 Å². The van der Waals surface area contributed by atoms with Gasteiger partial charge < -0.3 is 39.5 Å². The van der Waals surface area contributed by atoms with Crippen molar-refractivity contribution in [2.45, 2.75) is 56.7 Å². The summed E-state index contributed by atoms with van der Waals surface area (Å²) in [7, 11) is 1.77. The van der Waals surface area contributed by atoms with E-state index in [1.807, 2.05) is 0 Å². The van der Waals surface area contributed by atoms with Gasteiger partial charge in [0.1, 0.15) is 17.8 Å². The molecule has 3 aliphatic rings. The average Bonchev–Trinajstić information content (AvgIpc) is 3.74. The number of carbonyl (C=O) groups is 6. The van der Waals surface area contributed by atoms with Crippen LogP contribution in [0.25, 0.3) is 5.69 Å². The second-order valence-electron chi connectivity index (χ2n) is 13.3. The smallest absolute Gasteiger partial charge is 0.415 e. The molecular formula is C37H43N7O9. The number of hydrogen-bond acceptors (Lipinski definition) is 9. The molecule has 2 aromatic carbocycles. The molecule has 3 fully saturated rings. The number of rotatable bonds is 13. The van der Waals surface area contributed by atoms with E-state index in [2.05, 4.69) is 10.4 Å². The molecule has 2 saturated heterocycles. The highest BCUT2D eigenvalue weighted by molar-refractivity contribution is 5.96. The molecule has 0 spiro atoms. The minimum atomic E-state index is -1.20. The number of carbonyl (C=O) groups excluding carboxylic acids is 5. The van der Waals surface area contributed by atoms with Crippen molar-refractivity contribution in [3.63, 3.8) is 0 Å². The lowest BCUT2D eigenvalue weighted by Gasteiger charge is -2.35. The number of aromatic nitrogens is 2. The fraction of sp³-hybridized carbons (Fsp3) is 0.432. The van der Waals surface area contributed by atoms with Gasteiger partial charge in [0.05, 0.1) is 5.69 Å². The van der Waals surface area contributed by atoms with Crippen LogP contribution in [0.4, 0.5) is 4.79 Å². The zero-order valence-electron chi connectivity index (χ0n) is 29.5. The van der Waals surface area contributed by atoms with Crippen LogP contribution in [-0.4, -0.2) is 135 Å². The van der Waals surface area contributed by atoms with Gasteiger partial charge in [-0.15, -0.1) is 0 Å². The molecule has 1 saturated carbocycles. The number of likely N-dealkylation sites (N-methyl/N-ethyl adjacent to an activating group) is 1. The molecule has 0 unspecified atom stereocenters. The largest absolute Gasteiger partial charge is 0.481 e. The van der Waals surface area contributed by atoms with E-state index in [1.165, 1.54) is 20.5 Å². The topological polar surface area (TPSA) is 184 Å². The van der Waals surface area contributed by atoms with E-state index >= 15 is 0 Å². The summed E-state index contributed by atoms with van der Waals surface area (Å²) in [6, 6.07) is 17.2. The average molecular weight is 730 g/mol. The summed E-state index contributed by atoms with van der Waals surface area (Å²) in [5.41, 5.74) is 0.412. The molecule has 16 heteroatoms. The Morgan fingerprint density at radius 1 is 0.906 bits per heavy atom. The molecule has 6 rings (SSSR count). The van der Waals surface area contributed by atoms with E-state index in [-0.39, 0.29) is 68.5 Å². The minimum Gasteiger partial charge on any atom is -0.481 e. The van der Waals surface area contributed by atoms with Gasteiger partial charge in [-0.2, -0.15) is 5.10 Å². The van der Waals surface area contributed by atoms with Crippen molar-refractivity contribution in [1.82, 2.24) is 34.7 Å². The molecule has 1 aromatic heterocycles. The molecular weight excluding hydrogens is 686 g/mol. The standard InChI is InChI=1S/C37H43N7O9/c1-40(25-14-15-25)36(50)30-13-8-18-43(30)31(45)24-52-32-23-29(39-44(32)26-9-4-2-5-10-26)34(48)38-28(16-17-33(46)47)35(49)41-19-21-42(22-20-41)37(51)53-27-11-6-3-7-12-27/h2-7,9-12,23,25,28,30H,8,13-22,24H2,1H3,(H,38,48)(H,46,47)/t28-,30-/m0/s1. The lowest BCUT2D eigenvalue weighted by atomic mass is 10.1. The van der Waals surface area contributed by atoms with Gasteiger partial charge in [0, 0.05) is 58.3 Å². The minimum absolute atomic E-state index is 0.0777. The van der Waals surface area contributed by atoms with Crippen LogP contribution in [0.3, 0.4) is 0 Å². The summed E-state index contributed by atoms with van der Waals surface area (Å²) in [6.07, 6.45) is 2.08. The normalized spacial score (nSPS) is 17.5. The highest BCUT2D eigenvalue weighted by atomic mass is 16.6. The van der Waals surface area contributed by atoms with Crippen molar-refractivity contribution in [2.75, 3.05) is 46.4 Å². The predicted molar refractivity (Wildman–Crippen MR) is 188 cm³/mol. The van der Waals surface area contributed by atoms with Crippen LogP contribution >= 0.6 is 0 Å². The summed E-state index contributed by atoms with van der Waals surface area (Å²) >= 11 is 0. The first kappa shape index (κ1) is 36.8. The van der Waals surface area contributed by atoms with Gasteiger partial charge in [0.15, 0.2) is 12.3 Å². The number of carboxylic acid groups (broad SMARTS) is 1. The van der Waals surface area contributed by atoms with Gasteiger partial charge in [-0.3, -0.25) is 24.0 Å². The number of amides is 5. The van der Waals surface area contributed by atoms with Crippen LogP contribution < -0.4 is 14.8 Å². The van der Waals surface area contributed by atoms with Gasteiger partial charge >= 0.3 is 12.1 Å². The Morgan fingerprint density at radius 2 is 1.57 bits per heavy atom. The number of likely N-dealkylation sites (tertiary alicyclic amines) is 1. The maximum absolute atomic E-state index is 13.7. The Bertz CT molecular complexity index is 1810. The van der Waals surface area contributed by atoms with Crippen LogP contribution in [-0.2, 0) is 19.2 Å². The highest BCUT2D eigenvalue weighted by Gasteiger charge is 2.40. The second-order valence-corrected chi connectivity index (χ2v) is 13.3. The third-order valence-corrected chi connectivity index (χ3v) is 9.60. The monoisotopic (exact) mass is 729 g/mol. The first-order valence-electron chi connectivity index (χ1n) is 17.8. The molecule has 280 valence electrons. The van der Waals surface area contributed by atoms with Crippen LogP contribution in [0.15, 0.2) is 66.7 Å². The number of piperazine rings is 1. The van der Waals surface area contributed by atoms with Crippen LogP contribution in [0.2, 0.25) is 0 Å². The van der Waals surface area contributed by atoms with Crippen molar-refractivity contribution in [3.8, 4) is 17.3 Å². The Morgan fingerprint density at radius 3 is 2.23 bits per heavy atom. The fourth-order valence-corrected chi connectivity index (χ4v) is 6.49. The quantitative estimate of drug-likeness (QED) is 0.264. The number of ether oxygens (including phenoxy) is 2. The van der Waals surface area contributed by atoms with Crippen LogP contribution in [0.1, 0.15) is 49.0 Å². The first-order valence-corrected chi connectivity index (χ1v) is 17.8. The van der Waals surface area contributed by atoms with Crippen molar-refractivity contribution in [2.24, 2.45) is 0 Å². The van der Waals surface area contributed by atoms with Gasteiger partial charge in [-0.05, 0) is 56.4 Å². The Kier molecular flexibility index (Phi) is 11.5. The van der Waals surface area contributed by atoms with Gasteiger partial charge in [-0.1, -0.05) is 36.4 Å². The Hall–Kier alpha value is -5.93. The van der Waals surface area contributed by atoms with Crippen molar-refractivity contribution in [1.29, 1.82) is 0 Å². The lowest BCUT2D eigenvalue weighted by molar-refractivity contribution is -0.144. The zero-order chi connectivity index (χ0) is 37.5. The summed E-state index contributed by atoms with van der Waals surface area (Å²) in [5.74, 6) is -2.36. The van der Waals surface area contributed by atoms with E-state index in [0.29, 0.717) is 30.8 Å². The molecule has 2 N–H and O–H groups in total. The Labute approximate surface area is 306 Å². The van der Waals surface area contributed by atoms with Crippen LogP contribution in [0.5, 0.6) is 11.6 Å².